The molecule has 0 aliphatic carbocycles. The lowest BCUT2D eigenvalue weighted by Gasteiger charge is -2.09. The molecule has 0 saturated heterocycles. The Labute approximate surface area is 136 Å². The van der Waals surface area contributed by atoms with Gasteiger partial charge in [-0.1, -0.05) is 0 Å². The van der Waals surface area contributed by atoms with E-state index in [1.807, 2.05) is 0 Å². The Bertz CT molecular complexity index is 911. The molecule has 0 radical (unpaired) electrons. The average Bonchev–Trinajstić information content (AvgIpc) is 2.75. The van der Waals surface area contributed by atoms with E-state index in [1.165, 1.54) is 6.07 Å². The Balaban J connectivity index is 2.32. The number of imidazole rings is 1. The molecule has 0 saturated carbocycles. The molecule has 1 aromatic heterocycles. The van der Waals surface area contributed by atoms with Crippen molar-refractivity contribution in [3.8, 4) is 11.8 Å². The van der Waals surface area contributed by atoms with E-state index in [9.17, 15) is 4.39 Å². The van der Waals surface area contributed by atoms with Gasteiger partial charge in [0.1, 0.15) is 5.82 Å². The van der Waals surface area contributed by atoms with Gasteiger partial charge in [0.05, 0.1) is 32.8 Å². The van der Waals surface area contributed by atoms with Crippen LogP contribution in [0.25, 0.3) is 16.7 Å². The van der Waals surface area contributed by atoms with Gasteiger partial charge in [-0.25, -0.2) is 9.37 Å². The van der Waals surface area contributed by atoms with Gasteiger partial charge in [0.15, 0.2) is 0 Å². The van der Waals surface area contributed by atoms with Crippen LogP contribution in [-0.4, -0.2) is 9.55 Å². The Morgan fingerprint density at radius 1 is 1.19 bits per heavy atom. The van der Waals surface area contributed by atoms with Crippen molar-refractivity contribution in [2.45, 2.75) is 0 Å². The van der Waals surface area contributed by atoms with Crippen LogP contribution >= 0.6 is 31.9 Å². The molecule has 0 aliphatic heterocycles. The molecule has 0 amide bonds. The smallest absolute Gasteiger partial charge is 0.205 e. The first-order valence-electron chi connectivity index (χ1n) is 5.84. The molecule has 2 N–H and O–H groups in total. The van der Waals surface area contributed by atoms with E-state index >= 15 is 0 Å². The molecule has 0 atom stereocenters. The molecule has 3 rings (SSSR count). The van der Waals surface area contributed by atoms with Crippen molar-refractivity contribution in [1.82, 2.24) is 9.55 Å². The van der Waals surface area contributed by atoms with Crippen molar-refractivity contribution in [3.05, 3.63) is 50.7 Å². The maximum absolute atomic E-state index is 13.8. The molecule has 1 heterocycles. The highest BCUT2D eigenvalue weighted by Crippen LogP contribution is 2.31. The number of nitrogen functional groups attached to an aromatic ring is 1. The average molecular weight is 410 g/mol. The fourth-order valence-corrected chi connectivity index (χ4v) is 2.99. The first-order valence-corrected chi connectivity index (χ1v) is 7.43. The Morgan fingerprint density at radius 2 is 1.95 bits per heavy atom. The number of aromatic nitrogens is 2. The van der Waals surface area contributed by atoms with E-state index in [2.05, 4.69) is 42.9 Å². The zero-order chi connectivity index (χ0) is 15.1. The summed E-state index contributed by atoms with van der Waals surface area (Å²) in [5.41, 5.74) is 8.29. The molecule has 3 aromatic rings. The van der Waals surface area contributed by atoms with Gasteiger partial charge in [0, 0.05) is 10.5 Å². The van der Waals surface area contributed by atoms with Crippen LogP contribution < -0.4 is 5.73 Å². The third kappa shape index (κ3) is 2.30. The van der Waals surface area contributed by atoms with Crippen LogP contribution in [0.1, 0.15) is 5.56 Å². The topological polar surface area (TPSA) is 67.6 Å². The lowest BCUT2D eigenvalue weighted by Crippen LogP contribution is -2.01. The summed E-state index contributed by atoms with van der Waals surface area (Å²) >= 11 is 6.53. The molecular weight excluding hydrogens is 403 g/mol. The summed E-state index contributed by atoms with van der Waals surface area (Å²) in [7, 11) is 0. The zero-order valence-corrected chi connectivity index (χ0v) is 13.6. The highest BCUT2D eigenvalue weighted by atomic mass is 79.9. The summed E-state index contributed by atoms with van der Waals surface area (Å²) < 4.78 is 16.4. The molecule has 0 fully saturated rings. The molecule has 0 spiro atoms. The van der Waals surface area contributed by atoms with Crippen LogP contribution in [0.4, 0.5) is 10.3 Å². The Kier molecular flexibility index (Phi) is 3.43. The number of hydrogen-bond donors (Lipinski definition) is 1. The van der Waals surface area contributed by atoms with Crippen molar-refractivity contribution in [1.29, 1.82) is 5.26 Å². The maximum Gasteiger partial charge on any atom is 0.205 e. The van der Waals surface area contributed by atoms with E-state index in [-0.39, 0.29) is 5.95 Å². The van der Waals surface area contributed by atoms with Crippen LogP contribution in [-0.2, 0) is 0 Å². The summed E-state index contributed by atoms with van der Waals surface area (Å²) in [6.07, 6.45) is 0. The predicted molar refractivity (Wildman–Crippen MR) is 85.6 cm³/mol. The van der Waals surface area contributed by atoms with Gasteiger partial charge < -0.3 is 5.73 Å². The van der Waals surface area contributed by atoms with Crippen molar-refractivity contribution < 1.29 is 4.39 Å². The number of nitriles is 1. The minimum absolute atomic E-state index is 0.243. The van der Waals surface area contributed by atoms with Gasteiger partial charge in [0.2, 0.25) is 5.95 Å². The van der Waals surface area contributed by atoms with Gasteiger partial charge >= 0.3 is 0 Å². The molecule has 0 unspecified atom stereocenters. The molecule has 2 aromatic carbocycles. The number of nitrogens with zero attached hydrogens (tertiary/aromatic N) is 3. The van der Waals surface area contributed by atoms with Crippen molar-refractivity contribution >= 4 is 48.8 Å². The van der Waals surface area contributed by atoms with E-state index < -0.39 is 5.82 Å². The second kappa shape index (κ2) is 5.13. The SMILES string of the molecule is N#Cc1ccc(-n2c(N)nc3cc(Br)c(F)cc32)c(Br)c1. The fraction of sp³-hybridized carbons (Fsp3) is 0. The van der Waals surface area contributed by atoms with Crippen LogP contribution in [0.3, 0.4) is 0 Å². The number of hydrogen-bond acceptors (Lipinski definition) is 3. The third-order valence-corrected chi connectivity index (χ3v) is 4.28. The molecular formula is C14H7Br2FN4. The van der Waals surface area contributed by atoms with Gasteiger partial charge in [-0.3, -0.25) is 4.57 Å². The predicted octanol–water partition coefficient (Wildman–Crippen LogP) is 4.14. The van der Waals surface area contributed by atoms with Crippen LogP contribution in [0.15, 0.2) is 39.3 Å². The summed E-state index contributed by atoms with van der Waals surface area (Å²) in [5.74, 6) is -0.152. The van der Waals surface area contributed by atoms with E-state index in [1.54, 1.807) is 28.8 Å². The minimum Gasteiger partial charge on any atom is -0.369 e. The quantitative estimate of drug-likeness (QED) is 0.656. The van der Waals surface area contributed by atoms with Crippen LogP contribution in [0.2, 0.25) is 0 Å². The molecule has 7 heteroatoms. The van der Waals surface area contributed by atoms with E-state index in [0.717, 1.165) is 0 Å². The standard InChI is InChI=1S/C14H7Br2FN4/c15-8-4-11-13(5-10(8)17)21(14(19)20-11)12-2-1-7(6-18)3-9(12)16/h1-5H,(H2,19,20). The van der Waals surface area contributed by atoms with E-state index in [0.29, 0.717) is 31.2 Å². The van der Waals surface area contributed by atoms with Gasteiger partial charge in [-0.2, -0.15) is 5.26 Å². The zero-order valence-electron chi connectivity index (χ0n) is 10.4. The summed E-state index contributed by atoms with van der Waals surface area (Å²) in [4.78, 5) is 4.23. The third-order valence-electron chi connectivity index (χ3n) is 3.04. The first kappa shape index (κ1) is 14.0. The highest BCUT2D eigenvalue weighted by Gasteiger charge is 2.15. The number of rotatable bonds is 1. The number of fused-ring (bicyclic) bond motifs is 1. The maximum atomic E-state index is 13.8. The molecule has 0 aliphatic rings. The second-order valence-corrected chi connectivity index (χ2v) is 6.05. The molecule has 4 nitrogen and oxygen atoms in total. The lowest BCUT2D eigenvalue weighted by atomic mass is 10.2. The van der Waals surface area contributed by atoms with Crippen molar-refractivity contribution in [2.75, 3.05) is 5.73 Å². The van der Waals surface area contributed by atoms with Crippen LogP contribution in [0.5, 0.6) is 0 Å². The molecule has 104 valence electrons. The van der Waals surface area contributed by atoms with Crippen molar-refractivity contribution in [3.63, 3.8) is 0 Å². The summed E-state index contributed by atoms with van der Waals surface area (Å²) in [6, 6.07) is 10.1. The number of anilines is 1. The highest BCUT2D eigenvalue weighted by molar-refractivity contribution is 9.10. The van der Waals surface area contributed by atoms with E-state index in [4.69, 9.17) is 11.0 Å². The second-order valence-electron chi connectivity index (χ2n) is 4.34. The fourth-order valence-electron chi connectivity index (χ4n) is 2.10. The summed E-state index contributed by atoms with van der Waals surface area (Å²) in [6.45, 7) is 0. The normalized spacial score (nSPS) is 10.8. The number of halogens is 3. The molecule has 21 heavy (non-hydrogen) atoms. The van der Waals surface area contributed by atoms with Crippen LogP contribution in [0, 0.1) is 17.1 Å². The monoisotopic (exact) mass is 408 g/mol. The largest absolute Gasteiger partial charge is 0.369 e. The van der Waals surface area contributed by atoms with Gasteiger partial charge in [-0.15, -0.1) is 0 Å². The van der Waals surface area contributed by atoms with Gasteiger partial charge in [-0.05, 0) is 56.1 Å². The lowest BCUT2D eigenvalue weighted by molar-refractivity contribution is 0.622. The molecule has 0 bridgehead atoms. The Morgan fingerprint density at radius 3 is 2.62 bits per heavy atom. The van der Waals surface area contributed by atoms with Crippen molar-refractivity contribution in [2.24, 2.45) is 0 Å². The first-order chi connectivity index (χ1) is 10.0. The number of nitrogens with two attached hydrogens (primary N) is 1. The summed E-state index contributed by atoms with van der Waals surface area (Å²) in [5, 5.41) is 8.91. The minimum atomic E-state index is -0.395. The Hall–Kier alpha value is -1.91. The number of benzene rings is 2. The van der Waals surface area contributed by atoms with Gasteiger partial charge in [0.25, 0.3) is 0 Å².